The van der Waals surface area contributed by atoms with Crippen molar-refractivity contribution in [2.24, 2.45) is 0 Å². The summed E-state index contributed by atoms with van der Waals surface area (Å²) in [6.45, 7) is 0.0207. The van der Waals surface area contributed by atoms with Crippen molar-refractivity contribution in [3.63, 3.8) is 0 Å². The molecule has 3 N–H and O–H groups in total. The monoisotopic (exact) mass is 303 g/mol. The molecule has 1 aromatic carbocycles. The summed E-state index contributed by atoms with van der Waals surface area (Å²) in [4.78, 5) is 11.7. The highest BCUT2D eigenvalue weighted by molar-refractivity contribution is 9.10. The number of ether oxygens (including phenoxy) is 1. The summed E-state index contributed by atoms with van der Waals surface area (Å²) in [5, 5.41) is 21.0. The van der Waals surface area contributed by atoms with Crippen LogP contribution in [0.3, 0.4) is 0 Å². The number of benzene rings is 1. The molecule has 6 heteroatoms. The molecule has 0 saturated carbocycles. The molecule has 1 amide bonds. The third-order valence-electron chi connectivity index (χ3n) is 2.13. The van der Waals surface area contributed by atoms with Crippen LogP contribution in [0.5, 0.6) is 5.75 Å². The Morgan fingerprint density at radius 2 is 2.29 bits per heavy atom. The van der Waals surface area contributed by atoms with E-state index in [-0.39, 0.29) is 24.9 Å². The van der Waals surface area contributed by atoms with Gasteiger partial charge in [-0.2, -0.15) is 0 Å². The lowest BCUT2D eigenvalue weighted by molar-refractivity contribution is 0.0839. The number of hydrogen-bond donors (Lipinski definition) is 3. The van der Waals surface area contributed by atoms with Gasteiger partial charge in [0.25, 0.3) is 5.91 Å². The molecule has 0 saturated heterocycles. The summed E-state index contributed by atoms with van der Waals surface area (Å²) in [5.74, 6) is -0.381. The first-order chi connectivity index (χ1) is 8.08. The van der Waals surface area contributed by atoms with E-state index in [1.165, 1.54) is 13.2 Å². The van der Waals surface area contributed by atoms with E-state index in [1.54, 1.807) is 12.1 Å². The fourth-order valence-corrected chi connectivity index (χ4v) is 1.51. The van der Waals surface area contributed by atoms with Crippen LogP contribution in [0.4, 0.5) is 0 Å². The number of phenols is 1. The number of carbonyl (C=O) groups is 1. The molecule has 1 rings (SSSR count). The molecule has 0 aliphatic rings. The van der Waals surface area contributed by atoms with Crippen LogP contribution in [0.15, 0.2) is 22.7 Å². The first-order valence-corrected chi connectivity index (χ1v) is 5.77. The SMILES string of the molecule is COCC(CO)NC(=O)c1ccc(Br)c(O)c1. The smallest absolute Gasteiger partial charge is 0.251 e. The predicted molar refractivity (Wildman–Crippen MR) is 66.0 cm³/mol. The van der Waals surface area contributed by atoms with Gasteiger partial charge in [0.2, 0.25) is 0 Å². The first-order valence-electron chi connectivity index (χ1n) is 4.97. The highest BCUT2D eigenvalue weighted by Gasteiger charge is 2.13. The topological polar surface area (TPSA) is 78.8 Å². The van der Waals surface area contributed by atoms with Gasteiger partial charge in [0.05, 0.1) is 23.7 Å². The van der Waals surface area contributed by atoms with Gasteiger partial charge in [0.1, 0.15) is 5.75 Å². The van der Waals surface area contributed by atoms with Crippen molar-refractivity contribution in [2.75, 3.05) is 20.3 Å². The van der Waals surface area contributed by atoms with Gasteiger partial charge in [-0.05, 0) is 34.1 Å². The average Bonchev–Trinajstić information content (AvgIpc) is 2.31. The van der Waals surface area contributed by atoms with Gasteiger partial charge in [-0.15, -0.1) is 0 Å². The predicted octanol–water partition coefficient (Wildman–Crippen LogP) is 0.892. The normalized spacial score (nSPS) is 12.2. The zero-order chi connectivity index (χ0) is 12.8. The Morgan fingerprint density at radius 3 is 2.82 bits per heavy atom. The Balaban J connectivity index is 2.72. The molecule has 0 aliphatic heterocycles. The molecule has 94 valence electrons. The minimum absolute atomic E-state index is 0.00931. The van der Waals surface area contributed by atoms with E-state index in [2.05, 4.69) is 21.2 Å². The van der Waals surface area contributed by atoms with Crippen molar-refractivity contribution in [3.8, 4) is 5.75 Å². The third-order valence-corrected chi connectivity index (χ3v) is 2.80. The number of methoxy groups -OCH3 is 1. The number of aromatic hydroxyl groups is 1. The highest BCUT2D eigenvalue weighted by Crippen LogP contribution is 2.24. The van der Waals surface area contributed by atoms with Crippen LogP contribution in [0, 0.1) is 0 Å². The second-order valence-electron chi connectivity index (χ2n) is 3.47. The Kier molecular flexibility index (Phi) is 5.40. The molecule has 0 aliphatic carbocycles. The lowest BCUT2D eigenvalue weighted by atomic mass is 10.2. The van der Waals surface area contributed by atoms with E-state index in [9.17, 15) is 9.90 Å². The van der Waals surface area contributed by atoms with Crippen LogP contribution >= 0.6 is 15.9 Å². The highest BCUT2D eigenvalue weighted by atomic mass is 79.9. The Labute approximate surface area is 108 Å². The molecule has 1 unspecified atom stereocenters. The summed E-state index contributed by atoms with van der Waals surface area (Å²) >= 11 is 3.13. The van der Waals surface area contributed by atoms with Crippen LogP contribution in [-0.2, 0) is 4.74 Å². The summed E-state index contributed by atoms with van der Waals surface area (Å²) in [7, 11) is 1.49. The van der Waals surface area contributed by atoms with Gasteiger partial charge in [-0.1, -0.05) is 0 Å². The Morgan fingerprint density at radius 1 is 1.59 bits per heavy atom. The quantitative estimate of drug-likeness (QED) is 0.755. The largest absolute Gasteiger partial charge is 0.507 e. The second kappa shape index (κ2) is 6.58. The van der Waals surface area contributed by atoms with Crippen molar-refractivity contribution in [1.29, 1.82) is 0 Å². The van der Waals surface area contributed by atoms with Crippen molar-refractivity contribution in [2.45, 2.75) is 6.04 Å². The van der Waals surface area contributed by atoms with Gasteiger partial charge < -0.3 is 20.3 Å². The number of phenolic OH excluding ortho intramolecular Hbond substituents is 1. The molecule has 1 aromatic rings. The molecule has 0 radical (unpaired) electrons. The fourth-order valence-electron chi connectivity index (χ4n) is 1.26. The van der Waals surface area contributed by atoms with Crippen LogP contribution in [-0.4, -0.2) is 42.5 Å². The van der Waals surface area contributed by atoms with Gasteiger partial charge in [-0.25, -0.2) is 0 Å². The zero-order valence-corrected chi connectivity index (χ0v) is 10.9. The molecule has 0 spiro atoms. The number of hydrogen-bond acceptors (Lipinski definition) is 4. The third kappa shape index (κ3) is 3.99. The summed E-state index contributed by atoms with van der Waals surface area (Å²) in [6, 6.07) is 4.04. The maximum Gasteiger partial charge on any atom is 0.251 e. The molecule has 0 aromatic heterocycles. The zero-order valence-electron chi connectivity index (χ0n) is 9.31. The lowest BCUT2D eigenvalue weighted by Gasteiger charge is -2.15. The van der Waals surface area contributed by atoms with E-state index < -0.39 is 6.04 Å². The standard InChI is InChI=1S/C11H14BrNO4/c1-17-6-8(5-14)13-11(16)7-2-3-9(12)10(15)4-7/h2-4,8,14-15H,5-6H2,1H3,(H,13,16). The molecule has 17 heavy (non-hydrogen) atoms. The van der Waals surface area contributed by atoms with E-state index in [0.717, 1.165) is 0 Å². The van der Waals surface area contributed by atoms with Gasteiger partial charge in [0, 0.05) is 12.7 Å². The Hall–Kier alpha value is -1.11. The molecule has 0 fully saturated rings. The number of rotatable bonds is 5. The second-order valence-corrected chi connectivity index (χ2v) is 4.33. The van der Waals surface area contributed by atoms with Crippen LogP contribution in [0.25, 0.3) is 0 Å². The van der Waals surface area contributed by atoms with Gasteiger partial charge >= 0.3 is 0 Å². The van der Waals surface area contributed by atoms with E-state index in [4.69, 9.17) is 9.84 Å². The van der Waals surface area contributed by atoms with Crippen LogP contribution in [0.1, 0.15) is 10.4 Å². The summed E-state index contributed by atoms with van der Waals surface area (Å²) < 4.78 is 5.36. The maximum atomic E-state index is 11.7. The minimum Gasteiger partial charge on any atom is -0.507 e. The average molecular weight is 304 g/mol. The van der Waals surface area contributed by atoms with Crippen molar-refractivity contribution in [1.82, 2.24) is 5.32 Å². The van der Waals surface area contributed by atoms with Gasteiger partial charge in [-0.3, -0.25) is 4.79 Å². The van der Waals surface area contributed by atoms with Crippen LogP contribution in [0.2, 0.25) is 0 Å². The fraction of sp³-hybridized carbons (Fsp3) is 0.364. The van der Waals surface area contributed by atoms with Gasteiger partial charge in [0.15, 0.2) is 0 Å². The first kappa shape index (κ1) is 14.0. The molecule has 5 nitrogen and oxygen atoms in total. The molecule has 0 bridgehead atoms. The number of carbonyl (C=O) groups excluding carboxylic acids is 1. The number of amides is 1. The van der Waals surface area contributed by atoms with Crippen LogP contribution < -0.4 is 5.32 Å². The van der Waals surface area contributed by atoms with Crippen molar-refractivity contribution < 1.29 is 19.7 Å². The molecular formula is C11H14BrNO4. The minimum atomic E-state index is -0.460. The number of halogens is 1. The summed E-state index contributed by atoms with van der Waals surface area (Å²) in [6.07, 6.45) is 0. The van der Waals surface area contributed by atoms with Crippen molar-refractivity contribution in [3.05, 3.63) is 28.2 Å². The van der Waals surface area contributed by atoms with E-state index in [1.807, 2.05) is 0 Å². The molecule has 0 heterocycles. The van der Waals surface area contributed by atoms with Crippen molar-refractivity contribution >= 4 is 21.8 Å². The number of aliphatic hydroxyl groups is 1. The maximum absolute atomic E-state index is 11.7. The summed E-state index contributed by atoms with van der Waals surface area (Å²) in [5.41, 5.74) is 0.320. The van der Waals surface area contributed by atoms with E-state index >= 15 is 0 Å². The van der Waals surface area contributed by atoms with E-state index in [0.29, 0.717) is 10.0 Å². The lowest BCUT2D eigenvalue weighted by Crippen LogP contribution is -2.40. The number of nitrogens with one attached hydrogen (secondary N) is 1. The number of aliphatic hydroxyl groups excluding tert-OH is 1. The Bertz CT molecular complexity index is 397. The molecular weight excluding hydrogens is 290 g/mol. The molecule has 1 atom stereocenters.